The van der Waals surface area contributed by atoms with Crippen LogP contribution < -0.4 is 14.8 Å². The van der Waals surface area contributed by atoms with Crippen LogP contribution in [0.2, 0.25) is 0 Å². The number of nitrogens with one attached hydrogen (secondary N) is 2. The van der Waals surface area contributed by atoms with Crippen molar-refractivity contribution in [3.8, 4) is 5.75 Å². The molecule has 1 aliphatic heterocycles. The number of para-hydroxylation sites is 1. The molecule has 2 N–H and O–H groups in total. The highest BCUT2D eigenvalue weighted by atomic mass is 32.2. The van der Waals surface area contributed by atoms with Gasteiger partial charge in [0.05, 0.1) is 26.0 Å². The lowest BCUT2D eigenvalue weighted by molar-refractivity contribution is -0.133. The summed E-state index contributed by atoms with van der Waals surface area (Å²) in [6.07, 6.45) is 1.04. The molecule has 1 aliphatic rings. The summed E-state index contributed by atoms with van der Waals surface area (Å²) in [4.78, 5) is 14.0. The lowest BCUT2D eigenvalue weighted by atomic mass is 10.0. The third-order valence-corrected chi connectivity index (χ3v) is 4.22. The van der Waals surface area contributed by atoms with Crippen LogP contribution >= 0.6 is 0 Å². The van der Waals surface area contributed by atoms with E-state index in [0.29, 0.717) is 25.4 Å². The number of hydrogen-bond donors (Lipinski definition) is 2. The van der Waals surface area contributed by atoms with Crippen LogP contribution in [0.1, 0.15) is 11.6 Å². The first kappa shape index (κ1) is 16.7. The third kappa shape index (κ3) is 4.19. The average molecular weight is 327 g/mol. The number of ether oxygens (including phenoxy) is 1. The van der Waals surface area contributed by atoms with Gasteiger partial charge in [0.2, 0.25) is 15.9 Å². The highest BCUT2D eigenvalue weighted by Crippen LogP contribution is 2.30. The molecule has 1 amide bonds. The Morgan fingerprint density at radius 3 is 2.86 bits per heavy atom. The zero-order valence-electron chi connectivity index (χ0n) is 12.7. The average Bonchev–Trinajstić information content (AvgIpc) is 2.52. The summed E-state index contributed by atoms with van der Waals surface area (Å²) in [7, 11) is -1.80. The number of nitrogens with zero attached hydrogens (tertiary/aromatic N) is 1. The molecular weight excluding hydrogens is 306 g/mol. The van der Waals surface area contributed by atoms with Crippen LogP contribution in [0.4, 0.5) is 0 Å². The van der Waals surface area contributed by atoms with Crippen LogP contribution in [0.15, 0.2) is 24.3 Å². The highest BCUT2D eigenvalue weighted by molar-refractivity contribution is 7.88. The minimum atomic E-state index is -3.39. The molecule has 0 saturated carbocycles. The van der Waals surface area contributed by atoms with E-state index >= 15 is 0 Å². The zero-order valence-corrected chi connectivity index (χ0v) is 13.5. The largest absolute Gasteiger partial charge is 0.496 e. The molecular formula is C14H21N3O4S. The van der Waals surface area contributed by atoms with Gasteiger partial charge in [-0.3, -0.25) is 4.79 Å². The fraction of sp³-hybridized carbons (Fsp3) is 0.500. The SMILES string of the molecule is COc1ccccc1[C@@H]1CNCCN1C(=O)CNS(C)(=O)=O. The van der Waals surface area contributed by atoms with E-state index in [1.807, 2.05) is 24.3 Å². The molecule has 1 saturated heterocycles. The predicted octanol–water partition coefficient (Wildman–Crippen LogP) is -0.283. The summed E-state index contributed by atoms with van der Waals surface area (Å²) in [5.74, 6) is 0.466. The normalized spacial score (nSPS) is 19.0. The first-order valence-electron chi connectivity index (χ1n) is 7.00. The maximum Gasteiger partial charge on any atom is 0.238 e. The van der Waals surface area contributed by atoms with Gasteiger partial charge < -0.3 is 15.0 Å². The van der Waals surface area contributed by atoms with Gasteiger partial charge in [-0.15, -0.1) is 0 Å². The maximum absolute atomic E-state index is 12.4. The van der Waals surface area contributed by atoms with Crippen molar-refractivity contribution in [2.24, 2.45) is 0 Å². The summed E-state index contributed by atoms with van der Waals surface area (Å²) in [5.41, 5.74) is 0.907. The number of rotatable bonds is 5. The Kier molecular flexibility index (Phi) is 5.38. The zero-order chi connectivity index (χ0) is 16.2. The van der Waals surface area contributed by atoms with E-state index in [2.05, 4.69) is 10.0 Å². The van der Waals surface area contributed by atoms with Crippen molar-refractivity contribution in [1.29, 1.82) is 0 Å². The van der Waals surface area contributed by atoms with Crippen LogP contribution in [0.3, 0.4) is 0 Å². The lowest BCUT2D eigenvalue weighted by Gasteiger charge is -2.37. The second-order valence-corrected chi connectivity index (χ2v) is 6.98. The van der Waals surface area contributed by atoms with Gasteiger partial charge in [0, 0.05) is 25.2 Å². The van der Waals surface area contributed by atoms with E-state index in [4.69, 9.17) is 4.74 Å². The van der Waals surface area contributed by atoms with Crippen LogP contribution in [0.25, 0.3) is 0 Å². The molecule has 0 aromatic heterocycles. The monoisotopic (exact) mass is 327 g/mol. The van der Waals surface area contributed by atoms with Gasteiger partial charge >= 0.3 is 0 Å². The summed E-state index contributed by atoms with van der Waals surface area (Å²) in [5, 5.41) is 3.25. The molecule has 122 valence electrons. The Hall–Kier alpha value is -1.64. The van der Waals surface area contributed by atoms with E-state index in [1.54, 1.807) is 12.0 Å². The Balaban J connectivity index is 2.19. The highest BCUT2D eigenvalue weighted by Gasteiger charge is 2.29. The topological polar surface area (TPSA) is 87.7 Å². The predicted molar refractivity (Wildman–Crippen MR) is 83.2 cm³/mol. The third-order valence-electron chi connectivity index (χ3n) is 3.55. The van der Waals surface area contributed by atoms with Crippen LogP contribution in [-0.4, -0.2) is 58.8 Å². The second-order valence-electron chi connectivity index (χ2n) is 5.14. The first-order valence-corrected chi connectivity index (χ1v) is 8.89. The summed E-state index contributed by atoms with van der Waals surface area (Å²) in [6, 6.07) is 7.35. The molecule has 0 spiro atoms. The van der Waals surface area contributed by atoms with Crippen molar-refractivity contribution < 1.29 is 17.9 Å². The number of benzene rings is 1. The minimum Gasteiger partial charge on any atom is -0.496 e. The number of piperazine rings is 1. The van der Waals surface area contributed by atoms with E-state index in [0.717, 1.165) is 11.8 Å². The first-order chi connectivity index (χ1) is 10.4. The van der Waals surface area contributed by atoms with E-state index in [9.17, 15) is 13.2 Å². The molecule has 1 aromatic rings. The second kappa shape index (κ2) is 7.08. The molecule has 1 aromatic carbocycles. The molecule has 22 heavy (non-hydrogen) atoms. The lowest BCUT2D eigenvalue weighted by Crippen LogP contribution is -2.51. The van der Waals surface area contributed by atoms with Crippen molar-refractivity contribution in [3.63, 3.8) is 0 Å². The van der Waals surface area contributed by atoms with Gasteiger partial charge in [-0.25, -0.2) is 13.1 Å². The quantitative estimate of drug-likeness (QED) is 0.776. The molecule has 0 radical (unpaired) electrons. The van der Waals surface area contributed by atoms with E-state index < -0.39 is 10.0 Å². The molecule has 0 bridgehead atoms. The van der Waals surface area contributed by atoms with Crippen molar-refractivity contribution in [1.82, 2.24) is 14.9 Å². The van der Waals surface area contributed by atoms with Gasteiger partial charge in [-0.2, -0.15) is 0 Å². The molecule has 1 atom stereocenters. The fourth-order valence-electron chi connectivity index (χ4n) is 2.52. The molecule has 7 nitrogen and oxygen atoms in total. The number of sulfonamides is 1. The van der Waals surface area contributed by atoms with Gasteiger partial charge in [0.1, 0.15) is 5.75 Å². The Labute approximate surface area is 130 Å². The Bertz CT molecular complexity index is 633. The summed E-state index contributed by atoms with van der Waals surface area (Å²) in [6.45, 7) is 1.57. The standard InChI is InChI=1S/C14H21N3O4S/c1-21-13-6-4-3-5-11(13)12-9-15-7-8-17(12)14(18)10-16-22(2,19)20/h3-6,12,15-16H,7-10H2,1-2H3/t12-/m0/s1. The summed E-state index contributed by atoms with van der Waals surface area (Å²) >= 11 is 0. The number of carbonyl (C=O) groups is 1. The molecule has 0 unspecified atom stereocenters. The van der Waals surface area contributed by atoms with Gasteiger partial charge in [0.15, 0.2) is 0 Å². The molecule has 1 fully saturated rings. The van der Waals surface area contributed by atoms with Gasteiger partial charge in [0.25, 0.3) is 0 Å². The van der Waals surface area contributed by atoms with Crippen LogP contribution in [0.5, 0.6) is 5.75 Å². The maximum atomic E-state index is 12.4. The van der Waals surface area contributed by atoms with Gasteiger partial charge in [-0.05, 0) is 6.07 Å². The Morgan fingerprint density at radius 2 is 2.18 bits per heavy atom. The smallest absolute Gasteiger partial charge is 0.238 e. The summed E-state index contributed by atoms with van der Waals surface area (Å²) < 4.78 is 29.9. The Morgan fingerprint density at radius 1 is 1.45 bits per heavy atom. The molecule has 2 rings (SSSR count). The molecule has 1 heterocycles. The van der Waals surface area contributed by atoms with E-state index in [1.165, 1.54) is 0 Å². The number of methoxy groups -OCH3 is 1. The van der Waals surface area contributed by atoms with Crippen LogP contribution in [-0.2, 0) is 14.8 Å². The molecule has 8 heteroatoms. The number of amides is 1. The van der Waals surface area contributed by atoms with Crippen LogP contribution in [0, 0.1) is 0 Å². The fourth-order valence-corrected chi connectivity index (χ4v) is 2.90. The van der Waals surface area contributed by atoms with Crippen molar-refractivity contribution >= 4 is 15.9 Å². The van der Waals surface area contributed by atoms with Gasteiger partial charge in [-0.1, -0.05) is 18.2 Å². The van der Waals surface area contributed by atoms with Crippen molar-refractivity contribution in [3.05, 3.63) is 29.8 Å². The minimum absolute atomic E-state index is 0.182. The number of carbonyl (C=O) groups excluding carboxylic acids is 1. The van der Waals surface area contributed by atoms with E-state index in [-0.39, 0.29) is 18.5 Å². The molecule has 0 aliphatic carbocycles. The van der Waals surface area contributed by atoms with Crippen molar-refractivity contribution in [2.75, 3.05) is 39.5 Å². The number of hydrogen-bond acceptors (Lipinski definition) is 5. The van der Waals surface area contributed by atoms with Crippen molar-refractivity contribution in [2.45, 2.75) is 6.04 Å².